The number of rotatable bonds is 6. The zero-order valence-corrected chi connectivity index (χ0v) is 14.0. The molecule has 0 bridgehead atoms. The number of anilines is 1. The van der Waals surface area contributed by atoms with E-state index in [1.54, 1.807) is 13.8 Å². The van der Waals surface area contributed by atoms with Gasteiger partial charge < -0.3 is 15.3 Å². The zero-order chi connectivity index (χ0) is 18.1. The lowest BCUT2D eigenvalue weighted by atomic mass is 10.1. The fraction of sp³-hybridized carbons (Fsp3) is 0.333. The van der Waals surface area contributed by atoms with Crippen LogP contribution in [0.4, 0.5) is 5.69 Å². The summed E-state index contributed by atoms with van der Waals surface area (Å²) in [5.74, 6) is -1.25. The lowest BCUT2D eigenvalue weighted by Crippen LogP contribution is -2.41. The molecule has 2 rings (SSSR count). The van der Waals surface area contributed by atoms with Crippen molar-refractivity contribution in [1.82, 2.24) is 4.72 Å². The number of nitrogens with one attached hydrogen (secondary N) is 1. The highest BCUT2D eigenvalue weighted by atomic mass is 32.2. The minimum Gasteiger partial charge on any atom is -0.480 e. The summed E-state index contributed by atoms with van der Waals surface area (Å²) in [5, 5.41) is 9.50. The molecule has 0 unspecified atom stereocenters. The predicted octanol–water partition coefficient (Wildman–Crippen LogP) is 1.15. The van der Waals surface area contributed by atoms with Crippen molar-refractivity contribution in [2.75, 3.05) is 5.73 Å². The molecule has 0 aliphatic heterocycles. The first-order valence-electron chi connectivity index (χ1n) is 7.18. The van der Waals surface area contributed by atoms with Crippen molar-refractivity contribution in [1.29, 1.82) is 0 Å². The molecule has 0 aliphatic rings. The van der Waals surface area contributed by atoms with E-state index in [0.29, 0.717) is 5.39 Å². The number of carboxylic acids is 1. The van der Waals surface area contributed by atoms with Gasteiger partial charge in [0, 0.05) is 5.39 Å². The molecule has 2 aromatic rings. The summed E-state index contributed by atoms with van der Waals surface area (Å²) in [4.78, 5) is 22.5. The number of nitrogens with two attached hydrogens (primary N) is 1. The molecule has 0 fully saturated rings. The number of carboxylic acid groups (broad SMARTS) is 1. The maximum Gasteiger partial charge on any atom is 0.359 e. The maximum atomic E-state index is 12.4. The van der Waals surface area contributed by atoms with Gasteiger partial charge in [-0.15, -0.1) is 0 Å². The third kappa shape index (κ3) is 3.92. The van der Waals surface area contributed by atoms with Gasteiger partial charge in [0.15, 0.2) is 0 Å². The van der Waals surface area contributed by atoms with Crippen LogP contribution in [0.3, 0.4) is 0 Å². The summed E-state index contributed by atoms with van der Waals surface area (Å²) < 4.78 is 32.0. The van der Waals surface area contributed by atoms with Crippen LogP contribution in [0.1, 0.15) is 20.3 Å². The first kappa shape index (κ1) is 18.0. The Hall–Kier alpha value is -2.39. The van der Waals surface area contributed by atoms with E-state index in [-0.39, 0.29) is 28.5 Å². The Labute approximate surface area is 138 Å². The largest absolute Gasteiger partial charge is 0.480 e. The molecular weight excluding hydrogens is 336 g/mol. The number of sulfonamides is 1. The van der Waals surface area contributed by atoms with Crippen LogP contribution in [-0.2, 0) is 14.8 Å². The Morgan fingerprint density at radius 3 is 2.58 bits per heavy atom. The van der Waals surface area contributed by atoms with Crippen LogP contribution in [0.15, 0.2) is 38.4 Å². The van der Waals surface area contributed by atoms with Crippen LogP contribution in [0, 0.1) is 5.92 Å². The molecule has 0 aliphatic carbocycles. The van der Waals surface area contributed by atoms with E-state index in [1.165, 1.54) is 24.3 Å². The first-order valence-corrected chi connectivity index (χ1v) is 8.67. The van der Waals surface area contributed by atoms with Crippen LogP contribution in [-0.4, -0.2) is 25.5 Å². The van der Waals surface area contributed by atoms with E-state index in [4.69, 9.17) is 10.2 Å². The molecule has 0 radical (unpaired) electrons. The lowest BCUT2D eigenvalue weighted by Gasteiger charge is -2.16. The fourth-order valence-corrected chi connectivity index (χ4v) is 3.45. The van der Waals surface area contributed by atoms with E-state index in [0.717, 1.165) is 0 Å². The van der Waals surface area contributed by atoms with Gasteiger partial charge in [-0.2, -0.15) is 4.72 Å². The molecule has 0 spiro atoms. The third-order valence-corrected chi connectivity index (χ3v) is 4.81. The van der Waals surface area contributed by atoms with Gasteiger partial charge in [-0.05, 0) is 36.6 Å². The molecule has 0 saturated heterocycles. The number of benzene rings is 1. The van der Waals surface area contributed by atoms with Crippen LogP contribution < -0.4 is 16.1 Å². The Kier molecular flexibility index (Phi) is 4.95. The summed E-state index contributed by atoms with van der Waals surface area (Å²) in [6.07, 6.45) is 0.157. The summed E-state index contributed by atoms with van der Waals surface area (Å²) in [5.41, 5.74) is 4.80. The molecule has 0 amide bonds. The minimum atomic E-state index is -4.06. The molecule has 1 atom stereocenters. The smallest absolute Gasteiger partial charge is 0.359 e. The third-order valence-electron chi connectivity index (χ3n) is 3.34. The van der Waals surface area contributed by atoms with E-state index in [9.17, 15) is 23.1 Å². The number of hydrogen-bond donors (Lipinski definition) is 3. The van der Waals surface area contributed by atoms with E-state index < -0.39 is 27.7 Å². The number of aliphatic carboxylic acids is 1. The van der Waals surface area contributed by atoms with Gasteiger partial charge in [-0.25, -0.2) is 13.2 Å². The van der Waals surface area contributed by atoms with Crippen LogP contribution in [0.5, 0.6) is 0 Å². The summed E-state index contributed by atoms with van der Waals surface area (Å²) in [6, 6.07) is 3.90. The van der Waals surface area contributed by atoms with Gasteiger partial charge >= 0.3 is 11.6 Å². The number of fused-ring (bicyclic) bond motifs is 1. The highest BCUT2D eigenvalue weighted by Crippen LogP contribution is 2.20. The van der Waals surface area contributed by atoms with Crippen molar-refractivity contribution >= 4 is 32.6 Å². The SMILES string of the molecule is CC(C)C[C@H](NS(=O)(=O)c1ccc2oc(=O)c(N)cc2c1)C(=O)O. The maximum absolute atomic E-state index is 12.4. The molecule has 9 heteroatoms. The van der Waals surface area contributed by atoms with Crippen molar-refractivity contribution in [3.8, 4) is 0 Å². The average Bonchev–Trinajstić information content (AvgIpc) is 2.46. The average molecular weight is 354 g/mol. The van der Waals surface area contributed by atoms with E-state index >= 15 is 0 Å². The molecule has 8 nitrogen and oxygen atoms in total. The summed E-state index contributed by atoms with van der Waals surface area (Å²) >= 11 is 0. The van der Waals surface area contributed by atoms with Crippen LogP contribution in [0.25, 0.3) is 11.0 Å². The number of carbonyl (C=O) groups is 1. The summed E-state index contributed by atoms with van der Waals surface area (Å²) in [7, 11) is -4.06. The van der Waals surface area contributed by atoms with Gasteiger partial charge in [0.05, 0.1) is 4.90 Å². The highest BCUT2D eigenvalue weighted by Gasteiger charge is 2.26. The molecule has 1 aromatic carbocycles. The van der Waals surface area contributed by atoms with Gasteiger partial charge in [-0.3, -0.25) is 4.79 Å². The van der Waals surface area contributed by atoms with E-state index in [2.05, 4.69) is 4.72 Å². The number of nitrogen functional groups attached to an aromatic ring is 1. The van der Waals surface area contributed by atoms with Gasteiger partial charge in [0.25, 0.3) is 0 Å². The molecular formula is C15H18N2O6S. The van der Waals surface area contributed by atoms with Crippen LogP contribution >= 0.6 is 0 Å². The molecule has 4 N–H and O–H groups in total. The fourth-order valence-electron chi connectivity index (χ4n) is 2.21. The second kappa shape index (κ2) is 6.62. The van der Waals surface area contributed by atoms with Gasteiger partial charge in [0.2, 0.25) is 10.0 Å². The zero-order valence-electron chi connectivity index (χ0n) is 13.1. The monoisotopic (exact) mass is 354 g/mol. The minimum absolute atomic E-state index is 0.000484. The highest BCUT2D eigenvalue weighted by molar-refractivity contribution is 7.89. The standard InChI is InChI=1S/C15H18N2O6S/c1-8(2)5-12(14(18)19)17-24(21,22)10-3-4-13-9(6-10)7-11(16)15(20)23-13/h3-4,6-8,12,17H,5,16H2,1-2H3,(H,18,19)/t12-/m0/s1. The van der Waals surface area contributed by atoms with Gasteiger partial charge in [0.1, 0.15) is 17.3 Å². The molecule has 0 saturated carbocycles. The topological polar surface area (TPSA) is 140 Å². The first-order chi connectivity index (χ1) is 11.1. The Balaban J connectivity index is 2.41. The molecule has 24 heavy (non-hydrogen) atoms. The van der Waals surface area contributed by atoms with Crippen molar-refractivity contribution in [2.45, 2.75) is 31.2 Å². The van der Waals surface area contributed by atoms with Crippen molar-refractivity contribution in [3.63, 3.8) is 0 Å². The van der Waals surface area contributed by atoms with Crippen molar-refractivity contribution in [2.24, 2.45) is 5.92 Å². The Bertz CT molecular complexity index is 933. The van der Waals surface area contributed by atoms with Crippen molar-refractivity contribution in [3.05, 3.63) is 34.7 Å². The molecule has 1 heterocycles. The molecule has 130 valence electrons. The number of hydrogen-bond acceptors (Lipinski definition) is 6. The lowest BCUT2D eigenvalue weighted by molar-refractivity contribution is -0.139. The van der Waals surface area contributed by atoms with E-state index in [1.807, 2.05) is 0 Å². The summed E-state index contributed by atoms with van der Waals surface area (Å²) in [6.45, 7) is 3.59. The second-order valence-electron chi connectivity index (χ2n) is 5.83. The molecule has 1 aromatic heterocycles. The van der Waals surface area contributed by atoms with Crippen molar-refractivity contribution < 1.29 is 22.7 Å². The predicted molar refractivity (Wildman–Crippen MR) is 88.1 cm³/mol. The Morgan fingerprint density at radius 1 is 1.33 bits per heavy atom. The normalized spacial score (nSPS) is 13.3. The Morgan fingerprint density at radius 2 is 2.00 bits per heavy atom. The van der Waals surface area contributed by atoms with Crippen LogP contribution in [0.2, 0.25) is 0 Å². The quantitative estimate of drug-likeness (QED) is 0.661. The second-order valence-corrected chi connectivity index (χ2v) is 7.54. The van der Waals surface area contributed by atoms with Gasteiger partial charge in [-0.1, -0.05) is 13.8 Å².